The Hall–Kier alpha value is -1.87. The summed E-state index contributed by atoms with van der Waals surface area (Å²) in [6.07, 6.45) is 0. The van der Waals surface area contributed by atoms with Gasteiger partial charge < -0.3 is 5.11 Å². The molecule has 1 heterocycles. The third-order valence-electron chi connectivity index (χ3n) is 1.99. The fourth-order valence-corrected chi connectivity index (χ4v) is 1.91. The van der Waals surface area contributed by atoms with Gasteiger partial charge in [0, 0.05) is 0 Å². The molecule has 0 amide bonds. The van der Waals surface area contributed by atoms with Crippen molar-refractivity contribution in [1.82, 2.24) is 4.98 Å². The largest absolute Gasteiger partial charge is 0.508 e. The van der Waals surface area contributed by atoms with Crippen molar-refractivity contribution >= 4 is 21.6 Å². The lowest BCUT2D eigenvalue weighted by Crippen LogP contribution is -1.61. The van der Waals surface area contributed by atoms with Crippen molar-refractivity contribution < 1.29 is 5.11 Å². The lowest BCUT2D eigenvalue weighted by Gasteiger charge is -1.82. The number of nitrogens with zero attached hydrogens (tertiary/aromatic N) is 1. The highest BCUT2D eigenvalue weighted by atomic mass is 32.1. The Kier molecular flexibility index (Phi) is 3.51. The van der Waals surface area contributed by atoms with Crippen LogP contribution >= 0.6 is 11.3 Å². The van der Waals surface area contributed by atoms with Crippen LogP contribution in [0, 0.1) is 0 Å². The Morgan fingerprint density at radius 1 is 0.875 bits per heavy atom. The van der Waals surface area contributed by atoms with Crippen LogP contribution in [0.5, 0.6) is 5.75 Å². The van der Waals surface area contributed by atoms with Crippen LogP contribution in [0.4, 0.5) is 0 Å². The first-order valence-corrected chi connectivity index (χ1v) is 5.76. The van der Waals surface area contributed by atoms with E-state index in [0.29, 0.717) is 5.75 Å². The topological polar surface area (TPSA) is 33.1 Å². The number of phenolic OH excluding ortho intramolecular Hbond substituents is 1. The first-order chi connectivity index (χ1) is 7.86. The maximum Gasteiger partial charge on any atom is 0.115 e. The van der Waals surface area contributed by atoms with Crippen molar-refractivity contribution in [2.24, 2.45) is 0 Å². The van der Waals surface area contributed by atoms with Crippen LogP contribution in [0.2, 0.25) is 0 Å². The predicted molar refractivity (Wildman–Crippen MR) is 67.7 cm³/mol. The molecule has 0 radical (unpaired) electrons. The first-order valence-electron chi connectivity index (χ1n) is 4.88. The Labute approximate surface area is 97.8 Å². The quantitative estimate of drug-likeness (QED) is 0.637. The highest BCUT2D eigenvalue weighted by molar-refractivity contribution is 7.16. The molecule has 3 aromatic rings. The van der Waals surface area contributed by atoms with E-state index in [1.165, 1.54) is 4.70 Å². The van der Waals surface area contributed by atoms with E-state index < -0.39 is 0 Å². The molecule has 0 fully saturated rings. The molecule has 3 heteroatoms. The molecule has 80 valence electrons. The van der Waals surface area contributed by atoms with Crippen molar-refractivity contribution in [3.05, 3.63) is 60.1 Å². The zero-order chi connectivity index (χ0) is 11.2. The number of benzene rings is 2. The van der Waals surface area contributed by atoms with Gasteiger partial charge in [0.25, 0.3) is 0 Å². The van der Waals surface area contributed by atoms with Crippen molar-refractivity contribution in [1.29, 1.82) is 0 Å². The summed E-state index contributed by atoms with van der Waals surface area (Å²) in [6, 6.07) is 16.8. The lowest BCUT2D eigenvalue weighted by atomic mass is 10.3. The molecule has 16 heavy (non-hydrogen) atoms. The first kappa shape index (κ1) is 10.6. The molecular formula is C13H11NOS. The lowest BCUT2D eigenvalue weighted by molar-refractivity contribution is 0.475. The molecule has 0 aliphatic carbocycles. The fourth-order valence-electron chi connectivity index (χ4n) is 1.23. The van der Waals surface area contributed by atoms with Crippen molar-refractivity contribution in [3.63, 3.8) is 0 Å². The zero-order valence-corrected chi connectivity index (χ0v) is 9.39. The SMILES string of the molecule is Oc1ccccc1.c1ccc2scnc2c1. The van der Waals surface area contributed by atoms with E-state index >= 15 is 0 Å². The van der Waals surface area contributed by atoms with E-state index in [2.05, 4.69) is 11.1 Å². The van der Waals surface area contributed by atoms with E-state index in [0.717, 1.165) is 5.52 Å². The van der Waals surface area contributed by atoms with Crippen LogP contribution < -0.4 is 0 Å². The van der Waals surface area contributed by atoms with Gasteiger partial charge in [-0.2, -0.15) is 0 Å². The van der Waals surface area contributed by atoms with Gasteiger partial charge in [-0.3, -0.25) is 0 Å². The van der Waals surface area contributed by atoms with Gasteiger partial charge in [0.15, 0.2) is 0 Å². The third-order valence-corrected chi connectivity index (χ3v) is 2.80. The molecule has 0 saturated carbocycles. The number of aromatic nitrogens is 1. The van der Waals surface area contributed by atoms with Gasteiger partial charge in [-0.15, -0.1) is 11.3 Å². The van der Waals surface area contributed by atoms with Gasteiger partial charge in [0.1, 0.15) is 5.75 Å². The summed E-state index contributed by atoms with van der Waals surface area (Å²) in [6.45, 7) is 0. The van der Waals surface area contributed by atoms with Gasteiger partial charge in [0.05, 0.1) is 15.7 Å². The van der Waals surface area contributed by atoms with Gasteiger partial charge >= 0.3 is 0 Å². The molecule has 0 bridgehead atoms. The second-order valence-corrected chi connectivity index (χ2v) is 4.04. The average Bonchev–Trinajstić information content (AvgIpc) is 2.79. The molecule has 0 saturated heterocycles. The number of phenols is 1. The number of rotatable bonds is 0. The summed E-state index contributed by atoms with van der Waals surface area (Å²) >= 11 is 1.68. The summed E-state index contributed by atoms with van der Waals surface area (Å²) in [5.74, 6) is 0.322. The second-order valence-electron chi connectivity index (χ2n) is 3.16. The van der Waals surface area contributed by atoms with Crippen LogP contribution in [-0.2, 0) is 0 Å². The summed E-state index contributed by atoms with van der Waals surface area (Å²) < 4.78 is 1.26. The van der Waals surface area contributed by atoms with Gasteiger partial charge in [-0.05, 0) is 24.3 Å². The predicted octanol–water partition coefficient (Wildman–Crippen LogP) is 3.69. The van der Waals surface area contributed by atoms with Crippen LogP contribution in [0.3, 0.4) is 0 Å². The van der Waals surface area contributed by atoms with Gasteiger partial charge in [-0.25, -0.2) is 4.98 Å². The summed E-state index contributed by atoms with van der Waals surface area (Å²) in [5.41, 5.74) is 2.97. The standard InChI is InChI=1S/C7H5NS.C6H6O/c1-2-4-7-6(3-1)8-5-9-7;7-6-4-2-1-3-5-6/h1-5H;1-5,7H. The maximum atomic E-state index is 8.63. The second kappa shape index (κ2) is 5.28. The summed E-state index contributed by atoms with van der Waals surface area (Å²) in [7, 11) is 0. The number of hydrogen-bond acceptors (Lipinski definition) is 3. The van der Waals surface area contributed by atoms with Crippen LogP contribution in [0.15, 0.2) is 60.1 Å². The normalized spacial score (nSPS) is 9.50. The fraction of sp³-hybridized carbons (Fsp3) is 0. The number of thiazole rings is 1. The Morgan fingerprint density at radius 2 is 1.56 bits per heavy atom. The highest BCUT2D eigenvalue weighted by Gasteiger charge is 1.89. The Balaban J connectivity index is 0.000000125. The van der Waals surface area contributed by atoms with E-state index in [1.54, 1.807) is 35.6 Å². The molecule has 3 rings (SSSR count). The summed E-state index contributed by atoms with van der Waals surface area (Å²) in [4.78, 5) is 4.14. The van der Waals surface area contributed by atoms with Gasteiger partial charge in [0.2, 0.25) is 0 Å². The molecular weight excluding hydrogens is 218 g/mol. The molecule has 2 aromatic carbocycles. The van der Waals surface area contributed by atoms with Crippen molar-refractivity contribution in [2.75, 3.05) is 0 Å². The van der Waals surface area contributed by atoms with E-state index in [9.17, 15) is 0 Å². The van der Waals surface area contributed by atoms with Crippen molar-refractivity contribution in [2.45, 2.75) is 0 Å². The van der Waals surface area contributed by atoms with Crippen LogP contribution in [-0.4, -0.2) is 10.1 Å². The number of para-hydroxylation sites is 2. The minimum atomic E-state index is 0.322. The Morgan fingerprint density at radius 3 is 2.19 bits per heavy atom. The molecule has 0 aliphatic heterocycles. The van der Waals surface area contributed by atoms with Crippen molar-refractivity contribution in [3.8, 4) is 5.75 Å². The smallest absolute Gasteiger partial charge is 0.115 e. The average molecular weight is 229 g/mol. The van der Waals surface area contributed by atoms with E-state index in [1.807, 2.05) is 29.8 Å². The molecule has 0 aliphatic rings. The third kappa shape index (κ3) is 2.81. The molecule has 0 atom stereocenters. The molecule has 2 nitrogen and oxygen atoms in total. The minimum Gasteiger partial charge on any atom is -0.508 e. The number of fused-ring (bicyclic) bond motifs is 1. The van der Waals surface area contributed by atoms with Crippen LogP contribution in [0.25, 0.3) is 10.2 Å². The Bertz CT molecular complexity index is 518. The number of hydrogen-bond donors (Lipinski definition) is 1. The van der Waals surface area contributed by atoms with E-state index in [-0.39, 0.29) is 0 Å². The van der Waals surface area contributed by atoms with Crippen LogP contribution in [0.1, 0.15) is 0 Å². The number of aromatic hydroxyl groups is 1. The molecule has 0 spiro atoms. The minimum absolute atomic E-state index is 0.322. The molecule has 1 N–H and O–H groups in total. The maximum absolute atomic E-state index is 8.63. The zero-order valence-electron chi connectivity index (χ0n) is 8.58. The van der Waals surface area contributed by atoms with Gasteiger partial charge in [-0.1, -0.05) is 30.3 Å². The van der Waals surface area contributed by atoms with E-state index in [4.69, 9.17) is 5.11 Å². The highest BCUT2D eigenvalue weighted by Crippen LogP contribution is 2.15. The summed E-state index contributed by atoms with van der Waals surface area (Å²) in [5, 5.41) is 8.63. The monoisotopic (exact) mass is 229 g/mol. The molecule has 0 unspecified atom stereocenters. The molecule has 1 aromatic heterocycles.